The molecule has 5 heteroatoms. The summed E-state index contributed by atoms with van der Waals surface area (Å²) in [5, 5.41) is 4.74. The molecule has 1 fully saturated rings. The van der Waals surface area contributed by atoms with Crippen molar-refractivity contribution in [3.05, 3.63) is 0 Å². The van der Waals surface area contributed by atoms with Gasteiger partial charge in [0.1, 0.15) is 0 Å². The zero-order valence-corrected chi connectivity index (χ0v) is 17.2. The average Bonchev–Trinajstić information content (AvgIpc) is 3.42. The fraction of sp³-hybridized carbons (Fsp3) is 0.900. The first-order valence-electron chi connectivity index (χ1n) is 10.4. The second-order valence-corrected chi connectivity index (χ2v) is 8.06. The number of carbonyl (C=O) groups excluding carboxylic acids is 1. The van der Waals surface area contributed by atoms with Crippen molar-refractivity contribution in [2.75, 3.05) is 18.9 Å². The summed E-state index contributed by atoms with van der Waals surface area (Å²) < 4.78 is 5.10. The third kappa shape index (κ3) is 13.2. The van der Waals surface area contributed by atoms with Crippen LogP contribution in [0.5, 0.6) is 0 Å². The highest BCUT2D eigenvalue weighted by atomic mass is 32.2. The number of hydrogen-bond acceptors (Lipinski definition) is 5. The second kappa shape index (κ2) is 15.5. The van der Waals surface area contributed by atoms with Crippen LogP contribution in [0.25, 0.3) is 0 Å². The van der Waals surface area contributed by atoms with Crippen LogP contribution in [0.1, 0.15) is 90.9 Å². The quantitative estimate of drug-likeness (QED) is 0.136. The number of hydrogen-bond donors (Lipinski definition) is 1. The first-order chi connectivity index (χ1) is 12.3. The Morgan fingerprint density at radius 2 is 1.60 bits per heavy atom. The van der Waals surface area contributed by atoms with E-state index in [1.165, 1.54) is 82.4 Å². The maximum atomic E-state index is 11.9. The number of esters is 1. The minimum absolute atomic E-state index is 0.289. The molecule has 1 rings (SSSR count). The van der Waals surface area contributed by atoms with Crippen molar-refractivity contribution in [1.82, 2.24) is 5.43 Å². The lowest BCUT2D eigenvalue weighted by Crippen LogP contribution is -2.20. The Bertz CT molecular complexity index is 371. The van der Waals surface area contributed by atoms with Gasteiger partial charge in [-0.2, -0.15) is 5.10 Å². The third-order valence-corrected chi connectivity index (χ3v) is 5.47. The van der Waals surface area contributed by atoms with Crippen LogP contribution in [0.3, 0.4) is 0 Å². The van der Waals surface area contributed by atoms with Crippen LogP contribution in [-0.4, -0.2) is 29.9 Å². The number of ether oxygens (including phenoxy) is 1. The highest BCUT2D eigenvalue weighted by Crippen LogP contribution is 2.27. The fourth-order valence-corrected chi connectivity index (χ4v) is 3.50. The zero-order chi connectivity index (χ0) is 18.2. The van der Waals surface area contributed by atoms with E-state index in [1.807, 2.05) is 6.92 Å². The summed E-state index contributed by atoms with van der Waals surface area (Å²) in [5.41, 5.74) is 3.04. The number of rotatable bonds is 15. The number of thioether (sulfide) groups is 1. The van der Waals surface area contributed by atoms with E-state index < -0.39 is 0 Å². The standard InChI is InChI=1S/C20H38N2O2S/c1-3-5-6-7-8-9-10-11-12-13-16-25-19(20(23)24-4-2)22-21-17-18-14-15-18/h18,21H,3-17H2,1-2H3/b22-19+. The highest BCUT2D eigenvalue weighted by Gasteiger charge is 2.21. The highest BCUT2D eigenvalue weighted by molar-refractivity contribution is 8.15. The summed E-state index contributed by atoms with van der Waals surface area (Å²) >= 11 is 1.53. The van der Waals surface area contributed by atoms with E-state index in [2.05, 4.69) is 17.5 Å². The number of hydrazone groups is 1. The minimum Gasteiger partial charge on any atom is -0.461 e. The van der Waals surface area contributed by atoms with Gasteiger partial charge >= 0.3 is 5.97 Å². The van der Waals surface area contributed by atoms with Gasteiger partial charge in [-0.05, 0) is 37.9 Å². The molecule has 0 saturated heterocycles. The molecule has 0 aromatic rings. The van der Waals surface area contributed by atoms with Crippen molar-refractivity contribution in [1.29, 1.82) is 0 Å². The SMILES string of the molecule is CCCCCCCCCCCCS/C(=N/NCC1CC1)C(=O)OCC. The predicted octanol–water partition coefficient (Wildman–Crippen LogP) is 5.52. The van der Waals surface area contributed by atoms with Crippen LogP contribution in [-0.2, 0) is 9.53 Å². The molecule has 1 N–H and O–H groups in total. The summed E-state index contributed by atoms with van der Waals surface area (Å²) in [7, 11) is 0. The molecular weight excluding hydrogens is 332 g/mol. The van der Waals surface area contributed by atoms with Crippen LogP contribution >= 0.6 is 11.8 Å². The Morgan fingerprint density at radius 1 is 1.00 bits per heavy atom. The van der Waals surface area contributed by atoms with Gasteiger partial charge in [0.05, 0.1) is 6.61 Å². The molecule has 0 spiro atoms. The Hall–Kier alpha value is -0.710. The summed E-state index contributed by atoms with van der Waals surface area (Å²) in [5.74, 6) is 1.40. The summed E-state index contributed by atoms with van der Waals surface area (Å²) in [4.78, 5) is 11.9. The first-order valence-corrected chi connectivity index (χ1v) is 11.4. The number of carbonyl (C=O) groups is 1. The van der Waals surface area contributed by atoms with Crippen molar-refractivity contribution < 1.29 is 9.53 Å². The fourth-order valence-electron chi connectivity index (χ4n) is 2.66. The molecule has 0 unspecified atom stereocenters. The Labute approximate surface area is 158 Å². The minimum atomic E-state index is -0.289. The number of nitrogens with zero attached hydrogens (tertiary/aromatic N) is 1. The zero-order valence-electron chi connectivity index (χ0n) is 16.4. The van der Waals surface area contributed by atoms with Crippen LogP contribution in [0.2, 0.25) is 0 Å². The molecule has 0 aliphatic heterocycles. The van der Waals surface area contributed by atoms with E-state index in [-0.39, 0.29) is 5.97 Å². The normalized spacial score (nSPS) is 14.6. The van der Waals surface area contributed by atoms with Gasteiger partial charge in [0.25, 0.3) is 0 Å². The van der Waals surface area contributed by atoms with Gasteiger partial charge in [-0.3, -0.25) is 0 Å². The maximum Gasteiger partial charge on any atom is 0.365 e. The van der Waals surface area contributed by atoms with Crippen molar-refractivity contribution in [2.24, 2.45) is 11.0 Å². The molecule has 0 amide bonds. The Kier molecular flexibility index (Phi) is 13.9. The molecule has 0 atom stereocenters. The van der Waals surface area contributed by atoms with Gasteiger partial charge < -0.3 is 10.2 Å². The largest absolute Gasteiger partial charge is 0.461 e. The smallest absolute Gasteiger partial charge is 0.365 e. The third-order valence-electron chi connectivity index (χ3n) is 4.44. The molecule has 0 aromatic carbocycles. The number of nitrogens with one attached hydrogen (secondary N) is 1. The Balaban J connectivity index is 2.03. The van der Waals surface area contributed by atoms with E-state index >= 15 is 0 Å². The molecule has 1 aliphatic carbocycles. The lowest BCUT2D eigenvalue weighted by Gasteiger charge is -2.07. The molecule has 0 bridgehead atoms. The van der Waals surface area contributed by atoms with Crippen LogP contribution < -0.4 is 5.43 Å². The van der Waals surface area contributed by atoms with Gasteiger partial charge in [0.2, 0.25) is 5.04 Å². The molecule has 1 saturated carbocycles. The van der Waals surface area contributed by atoms with Gasteiger partial charge in [0, 0.05) is 6.54 Å². The van der Waals surface area contributed by atoms with Crippen molar-refractivity contribution >= 4 is 22.8 Å². The number of unbranched alkanes of at least 4 members (excludes halogenated alkanes) is 9. The summed E-state index contributed by atoms with van der Waals surface area (Å²) in [6, 6.07) is 0. The molecule has 25 heavy (non-hydrogen) atoms. The van der Waals surface area contributed by atoms with Gasteiger partial charge in [-0.25, -0.2) is 4.79 Å². The lowest BCUT2D eigenvalue weighted by atomic mass is 10.1. The summed E-state index contributed by atoms with van der Waals surface area (Å²) in [6.45, 7) is 5.38. The topological polar surface area (TPSA) is 50.7 Å². The predicted molar refractivity (Wildman–Crippen MR) is 109 cm³/mol. The van der Waals surface area contributed by atoms with E-state index in [9.17, 15) is 4.79 Å². The average molecular weight is 371 g/mol. The molecule has 0 aromatic heterocycles. The van der Waals surface area contributed by atoms with E-state index in [4.69, 9.17) is 4.74 Å². The van der Waals surface area contributed by atoms with Crippen molar-refractivity contribution in [3.63, 3.8) is 0 Å². The maximum absolute atomic E-state index is 11.9. The molecule has 0 heterocycles. The summed E-state index contributed by atoms with van der Waals surface area (Å²) in [6.07, 6.45) is 15.9. The molecular formula is C20H38N2O2S. The van der Waals surface area contributed by atoms with E-state index in [1.54, 1.807) is 0 Å². The molecule has 1 aliphatic rings. The first kappa shape index (κ1) is 22.3. The van der Waals surface area contributed by atoms with Gasteiger partial charge in [-0.1, -0.05) is 76.5 Å². The van der Waals surface area contributed by atoms with Gasteiger partial charge in [-0.15, -0.1) is 0 Å². The van der Waals surface area contributed by atoms with Crippen LogP contribution in [0.4, 0.5) is 0 Å². The van der Waals surface area contributed by atoms with E-state index in [0.29, 0.717) is 11.7 Å². The van der Waals surface area contributed by atoms with Crippen LogP contribution in [0.15, 0.2) is 5.10 Å². The molecule has 0 radical (unpaired) electrons. The molecule has 4 nitrogen and oxygen atoms in total. The van der Waals surface area contributed by atoms with Crippen molar-refractivity contribution in [2.45, 2.75) is 90.9 Å². The monoisotopic (exact) mass is 370 g/mol. The van der Waals surface area contributed by atoms with Crippen molar-refractivity contribution in [3.8, 4) is 0 Å². The molecule has 146 valence electrons. The van der Waals surface area contributed by atoms with E-state index in [0.717, 1.165) is 24.6 Å². The van der Waals surface area contributed by atoms with Gasteiger partial charge in [0.15, 0.2) is 0 Å². The Morgan fingerprint density at radius 3 is 2.16 bits per heavy atom. The second-order valence-electron chi connectivity index (χ2n) is 6.97. The van der Waals surface area contributed by atoms with Crippen LogP contribution in [0, 0.1) is 5.92 Å². The lowest BCUT2D eigenvalue weighted by molar-refractivity contribution is -0.134.